The molecule has 0 radical (unpaired) electrons. The van der Waals surface area contributed by atoms with Crippen LogP contribution in [-0.2, 0) is 20.9 Å². The van der Waals surface area contributed by atoms with E-state index in [2.05, 4.69) is 0 Å². The third-order valence-corrected chi connectivity index (χ3v) is 3.86. The maximum atomic E-state index is 12.3. The van der Waals surface area contributed by atoms with Crippen LogP contribution in [0.5, 0.6) is 11.8 Å². The maximum absolute atomic E-state index is 12.3. The second-order valence-corrected chi connectivity index (χ2v) is 5.61. The molecule has 2 aromatic rings. The number of hydrogen-bond acceptors (Lipinski definition) is 7. The van der Waals surface area contributed by atoms with Crippen LogP contribution in [0.25, 0.3) is 0 Å². The van der Waals surface area contributed by atoms with Gasteiger partial charge in [0.15, 0.2) is 0 Å². The van der Waals surface area contributed by atoms with Crippen molar-refractivity contribution in [1.29, 1.82) is 0 Å². The predicted octanol–water partition coefficient (Wildman–Crippen LogP) is 1.18. The number of likely N-dealkylation sites (tertiary alicyclic amines) is 1. The van der Waals surface area contributed by atoms with Crippen LogP contribution in [0.3, 0.4) is 0 Å². The fourth-order valence-corrected chi connectivity index (χ4v) is 2.57. The fraction of sp³-hybridized carbons (Fsp3) is 0.235. The minimum absolute atomic E-state index is 0.0240. The van der Waals surface area contributed by atoms with Crippen LogP contribution >= 0.6 is 0 Å². The molecule has 2 N–H and O–H groups in total. The maximum Gasteiger partial charge on any atom is 0.417 e. The first-order valence-corrected chi connectivity index (χ1v) is 7.82. The van der Waals surface area contributed by atoms with Gasteiger partial charge >= 0.3 is 12.1 Å². The number of aromatic hydroxyl groups is 2. The van der Waals surface area contributed by atoms with Crippen LogP contribution in [-0.4, -0.2) is 43.9 Å². The number of benzene rings is 1. The Hall–Kier alpha value is -3.49. The molecule has 1 aromatic heterocycles. The third kappa shape index (κ3) is 3.46. The topological polar surface area (TPSA) is 118 Å². The van der Waals surface area contributed by atoms with Crippen molar-refractivity contribution in [3.63, 3.8) is 0 Å². The highest BCUT2D eigenvalue weighted by atomic mass is 16.7. The van der Waals surface area contributed by atoms with E-state index < -0.39 is 35.8 Å². The number of rotatable bonds is 4. The van der Waals surface area contributed by atoms with Gasteiger partial charge in [-0.2, -0.15) is 0 Å². The molecule has 0 saturated carbocycles. The molecule has 1 saturated heterocycles. The number of imide groups is 1. The van der Waals surface area contributed by atoms with E-state index in [1.165, 1.54) is 0 Å². The lowest BCUT2D eigenvalue weighted by Crippen LogP contribution is -2.46. The van der Waals surface area contributed by atoms with Gasteiger partial charge in [-0.15, -0.1) is 4.73 Å². The average Bonchev–Trinajstić information content (AvgIpc) is 3.17. The molecule has 9 heteroatoms. The van der Waals surface area contributed by atoms with Crippen LogP contribution in [0, 0.1) is 0 Å². The van der Waals surface area contributed by atoms with Crippen molar-refractivity contribution in [3.8, 4) is 11.8 Å². The number of amides is 2. The predicted molar refractivity (Wildman–Crippen MR) is 85.8 cm³/mol. The van der Waals surface area contributed by atoms with Crippen molar-refractivity contribution < 1.29 is 34.2 Å². The molecule has 1 aliphatic heterocycles. The molecule has 2 heterocycles. The zero-order chi connectivity index (χ0) is 18.7. The molecule has 3 rings (SSSR count). The van der Waals surface area contributed by atoms with Gasteiger partial charge in [0.05, 0.1) is 0 Å². The van der Waals surface area contributed by atoms with Crippen LogP contribution in [0.1, 0.15) is 18.4 Å². The van der Waals surface area contributed by atoms with Crippen molar-refractivity contribution in [3.05, 3.63) is 48.0 Å². The Bertz CT molecular complexity index is 811. The van der Waals surface area contributed by atoms with Crippen molar-refractivity contribution in [2.45, 2.75) is 25.5 Å². The third-order valence-electron chi connectivity index (χ3n) is 3.86. The zero-order valence-electron chi connectivity index (χ0n) is 13.6. The summed E-state index contributed by atoms with van der Waals surface area (Å²) < 4.78 is 5.60. The van der Waals surface area contributed by atoms with Crippen molar-refractivity contribution >= 4 is 18.0 Å². The van der Waals surface area contributed by atoms with Gasteiger partial charge in [0.25, 0.3) is 0 Å². The van der Waals surface area contributed by atoms with Gasteiger partial charge < -0.3 is 19.8 Å². The molecule has 0 bridgehead atoms. The average molecular weight is 360 g/mol. The molecule has 9 nitrogen and oxygen atoms in total. The second-order valence-electron chi connectivity index (χ2n) is 5.61. The van der Waals surface area contributed by atoms with Crippen LogP contribution < -0.4 is 4.84 Å². The number of carbonyl (C=O) groups excluding carboxylic acids is 3. The molecule has 2 amide bonds. The summed E-state index contributed by atoms with van der Waals surface area (Å²) in [6.45, 7) is -0.0512. The van der Waals surface area contributed by atoms with Crippen LogP contribution in [0.15, 0.2) is 42.5 Å². The molecule has 0 spiro atoms. The van der Waals surface area contributed by atoms with Gasteiger partial charge in [0.1, 0.15) is 12.6 Å². The number of hydrogen-bond donors (Lipinski definition) is 2. The molecule has 1 aliphatic rings. The molecule has 1 unspecified atom stereocenters. The summed E-state index contributed by atoms with van der Waals surface area (Å²) in [5, 5.41) is 19.0. The molecular formula is C17H16N2O7. The quantitative estimate of drug-likeness (QED) is 0.840. The standard InChI is InChI=1S/C17H16N2O7/c20-13-7-6-12(16(23)26-19-14(21)8-9-15(19)22)18(13)17(24)25-10-11-4-2-1-3-5-11/h1-5,8-9,12,21-22H,6-7,10H2. The fourth-order valence-electron chi connectivity index (χ4n) is 2.57. The summed E-state index contributed by atoms with van der Waals surface area (Å²) >= 11 is 0. The van der Waals surface area contributed by atoms with Gasteiger partial charge in [-0.25, -0.2) is 14.5 Å². The van der Waals surface area contributed by atoms with Gasteiger partial charge in [0.2, 0.25) is 17.7 Å². The van der Waals surface area contributed by atoms with E-state index in [1.807, 2.05) is 6.07 Å². The number of carbonyl (C=O) groups is 3. The normalized spacial score (nSPS) is 16.5. The van der Waals surface area contributed by atoms with E-state index in [0.717, 1.165) is 17.7 Å². The first-order chi connectivity index (χ1) is 12.5. The Morgan fingerprint density at radius 2 is 1.73 bits per heavy atom. The van der Waals surface area contributed by atoms with Gasteiger partial charge in [0, 0.05) is 18.6 Å². The molecule has 1 aromatic carbocycles. The molecule has 1 atom stereocenters. The van der Waals surface area contributed by atoms with Crippen molar-refractivity contribution in [1.82, 2.24) is 9.63 Å². The Balaban J connectivity index is 1.67. The summed E-state index contributed by atoms with van der Waals surface area (Å²) in [6, 6.07) is 9.91. The van der Waals surface area contributed by atoms with Crippen molar-refractivity contribution in [2.24, 2.45) is 0 Å². The Morgan fingerprint density at radius 1 is 1.08 bits per heavy atom. The number of ether oxygens (including phenoxy) is 1. The lowest BCUT2D eigenvalue weighted by molar-refractivity contribution is -0.152. The highest BCUT2D eigenvalue weighted by Gasteiger charge is 2.43. The summed E-state index contributed by atoms with van der Waals surface area (Å²) in [7, 11) is 0. The van der Waals surface area contributed by atoms with E-state index in [0.29, 0.717) is 9.63 Å². The van der Waals surface area contributed by atoms with E-state index in [1.54, 1.807) is 24.3 Å². The molecule has 26 heavy (non-hydrogen) atoms. The number of aromatic nitrogens is 1. The largest absolute Gasteiger partial charge is 0.492 e. The Morgan fingerprint density at radius 3 is 2.38 bits per heavy atom. The van der Waals surface area contributed by atoms with Gasteiger partial charge in [-0.3, -0.25) is 4.79 Å². The summed E-state index contributed by atoms with van der Waals surface area (Å²) in [4.78, 5) is 42.1. The molecule has 136 valence electrons. The minimum Gasteiger partial charge on any atom is -0.492 e. The molecule has 1 fully saturated rings. The zero-order valence-corrected chi connectivity index (χ0v) is 13.6. The molecular weight excluding hydrogens is 344 g/mol. The number of nitrogens with zero attached hydrogens (tertiary/aromatic N) is 2. The summed E-state index contributed by atoms with van der Waals surface area (Å²) in [6.07, 6.45) is -0.927. The highest BCUT2D eigenvalue weighted by molar-refractivity contribution is 5.99. The minimum atomic E-state index is -1.20. The van der Waals surface area contributed by atoms with E-state index >= 15 is 0 Å². The monoisotopic (exact) mass is 360 g/mol. The lowest BCUT2D eigenvalue weighted by atomic mass is 10.2. The first kappa shape index (κ1) is 17.3. The second kappa shape index (κ2) is 7.18. The SMILES string of the molecule is O=C(On1c(O)ccc1O)C1CCC(=O)N1C(=O)OCc1ccccc1. The highest BCUT2D eigenvalue weighted by Crippen LogP contribution is 2.23. The van der Waals surface area contributed by atoms with Gasteiger partial charge in [-0.05, 0) is 12.0 Å². The van der Waals surface area contributed by atoms with E-state index in [-0.39, 0.29) is 19.4 Å². The molecule has 0 aliphatic carbocycles. The Labute approximate surface area is 147 Å². The first-order valence-electron chi connectivity index (χ1n) is 7.82. The van der Waals surface area contributed by atoms with E-state index in [9.17, 15) is 24.6 Å². The lowest BCUT2D eigenvalue weighted by Gasteiger charge is -2.21. The smallest absolute Gasteiger partial charge is 0.417 e. The Kier molecular flexibility index (Phi) is 4.78. The van der Waals surface area contributed by atoms with Crippen molar-refractivity contribution in [2.75, 3.05) is 0 Å². The van der Waals surface area contributed by atoms with Crippen LogP contribution in [0.4, 0.5) is 4.79 Å². The van der Waals surface area contributed by atoms with Gasteiger partial charge in [-0.1, -0.05) is 30.3 Å². The van der Waals surface area contributed by atoms with Crippen LogP contribution in [0.2, 0.25) is 0 Å². The summed E-state index contributed by atoms with van der Waals surface area (Å²) in [5.74, 6) is -2.54. The summed E-state index contributed by atoms with van der Waals surface area (Å²) in [5.41, 5.74) is 0.730. The van der Waals surface area contributed by atoms with E-state index in [4.69, 9.17) is 9.57 Å².